The fraction of sp³-hybridized carbons (Fsp3) is 0.176. The Kier molecular flexibility index (Phi) is 4.71. The first-order valence-corrected chi connectivity index (χ1v) is 8.16. The van der Waals surface area contributed by atoms with E-state index in [0.29, 0.717) is 34.1 Å². The summed E-state index contributed by atoms with van der Waals surface area (Å²) in [5, 5.41) is -0.399. The van der Waals surface area contributed by atoms with Crippen molar-refractivity contribution in [1.29, 1.82) is 0 Å². The largest absolute Gasteiger partial charge is 0.497 e. The number of thioether (sulfide) groups is 1. The Morgan fingerprint density at radius 3 is 2.52 bits per heavy atom. The number of ether oxygens (including phenoxy) is 1. The second-order valence-electron chi connectivity index (χ2n) is 5.29. The number of nitrogens with one attached hydrogen (secondary N) is 1. The number of hydrogen-bond acceptors (Lipinski definition) is 4. The molecule has 1 N–H and O–H groups in total. The van der Waals surface area contributed by atoms with Crippen molar-refractivity contribution in [1.82, 2.24) is 9.97 Å². The summed E-state index contributed by atoms with van der Waals surface area (Å²) in [6, 6.07) is 6.22. The minimum absolute atomic E-state index is 0.423. The van der Waals surface area contributed by atoms with Gasteiger partial charge in [0.25, 0.3) is 0 Å². The molecule has 0 amide bonds. The summed E-state index contributed by atoms with van der Waals surface area (Å²) < 4.78 is 45.6. The van der Waals surface area contributed by atoms with E-state index >= 15 is 0 Å². The number of carbonyl (C=O) groups is 1. The standard InChI is InChI=1S/C17H13F3N2O2S/c1-8(16(23)15-11(19)5-9(18)6-12(15)20)25-17-21-13-4-3-10(24-2)7-14(13)22-17/h3-8H,1-2H3,(H,21,22)/t8-/m1/s1. The maximum Gasteiger partial charge on any atom is 0.181 e. The van der Waals surface area contributed by atoms with Crippen LogP contribution in [0.3, 0.4) is 0 Å². The first-order chi connectivity index (χ1) is 11.9. The summed E-state index contributed by atoms with van der Waals surface area (Å²) in [6.45, 7) is 1.50. The Morgan fingerprint density at radius 1 is 1.20 bits per heavy atom. The summed E-state index contributed by atoms with van der Waals surface area (Å²) >= 11 is 1.02. The van der Waals surface area contributed by atoms with Crippen molar-refractivity contribution in [2.45, 2.75) is 17.3 Å². The van der Waals surface area contributed by atoms with Crippen LogP contribution in [0.1, 0.15) is 17.3 Å². The maximum atomic E-state index is 13.8. The molecule has 0 aliphatic carbocycles. The van der Waals surface area contributed by atoms with Gasteiger partial charge in [0.1, 0.15) is 23.2 Å². The van der Waals surface area contributed by atoms with Crippen molar-refractivity contribution in [3.8, 4) is 5.75 Å². The number of fused-ring (bicyclic) bond motifs is 1. The molecule has 0 bridgehead atoms. The van der Waals surface area contributed by atoms with Gasteiger partial charge in [-0.2, -0.15) is 0 Å². The quantitative estimate of drug-likeness (QED) is 0.539. The molecule has 1 heterocycles. The Labute approximate surface area is 145 Å². The van der Waals surface area contributed by atoms with Crippen LogP contribution in [0.2, 0.25) is 0 Å². The lowest BCUT2D eigenvalue weighted by Crippen LogP contribution is -2.17. The molecular formula is C17H13F3N2O2S. The monoisotopic (exact) mass is 366 g/mol. The molecule has 0 aliphatic rings. The van der Waals surface area contributed by atoms with Crippen LogP contribution in [-0.2, 0) is 0 Å². The smallest absolute Gasteiger partial charge is 0.181 e. The van der Waals surface area contributed by atoms with Crippen LogP contribution < -0.4 is 4.74 Å². The lowest BCUT2D eigenvalue weighted by Gasteiger charge is -2.10. The SMILES string of the molecule is COc1ccc2nc(S[C@H](C)C(=O)c3c(F)cc(F)cc3F)[nH]c2c1. The fourth-order valence-electron chi connectivity index (χ4n) is 2.35. The van der Waals surface area contributed by atoms with Crippen molar-refractivity contribution in [3.05, 3.63) is 53.3 Å². The molecule has 0 radical (unpaired) electrons. The molecule has 25 heavy (non-hydrogen) atoms. The Balaban J connectivity index is 1.84. The van der Waals surface area contributed by atoms with E-state index in [9.17, 15) is 18.0 Å². The number of hydrogen-bond donors (Lipinski definition) is 1. The third-order valence-electron chi connectivity index (χ3n) is 3.58. The molecule has 0 saturated carbocycles. The second kappa shape index (κ2) is 6.79. The van der Waals surface area contributed by atoms with Gasteiger partial charge in [0.15, 0.2) is 10.9 Å². The zero-order valence-electron chi connectivity index (χ0n) is 13.3. The third-order valence-corrected chi connectivity index (χ3v) is 4.56. The number of aromatic nitrogens is 2. The van der Waals surface area contributed by atoms with Crippen LogP contribution in [0.5, 0.6) is 5.75 Å². The fourth-order valence-corrected chi connectivity index (χ4v) is 3.23. The lowest BCUT2D eigenvalue weighted by atomic mass is 10.1. The first kappa shape index (κ1) is 17.3. The van der Waals surface area contributed by atoms with Gasteiger partial charge in [-0.1, -0.05) is 11.8 Å². The minimum atomic E-state index is -1.22. The second-order valence-corrected chi connectivity index (χ2v) is 6.62. The van der Waals surface area contributed by atoms with E-state index < -0.39 is 34.0 Å². The highest BCUT2D eigenvalue weighted by atomic mass is 32.2. The molecule has 1 atom stereocenters. The minimum Gasteiger partial charge on any atom is -0.497 e. The highest BCUT2D eigenvalue weighted by Gasteiger charge is 2.25. The predicted octanol–water partition coefficient (Wildman–Crippen LogP) is 4.35. The van der Waals surface area contributed by atoms with E-state index in [1.54, 1.807) is 25.3 Å². The molecule has 1 aromatic heterocycles. The Bertz CT molecular complexity index is 935. The molecule has 130 valence electrons. The van der Waals surface area contributed by atoms with Gasteiger partial charge in [-0.3, -0.25) is 4.79 Å². The summed E-state index contributed by atoms with van der Waals surface area (Å²) in [6.07, 6.45) is 0. The molecule has 4 nitrogen and oxygen atoms in total. The summed E-state index contributed by atoms with van der Waals surface area (Å²) in [4.78, 5) is 19.7. The Morgan fingerprint density at radius 2 is 1.88 bits per heavy atom. The zero-order chi connectivity index (χ0) is 18.1. The maximum absolute atomic E-state index is 13.8. The average Bonchev–Trinajstić information content (AvgIpc) is 2.94. The molecule has 0 aliphatic heterocycles. The molecule has 0 saturated heterocycles. The number of imidazole rings is 1. The number of H-pyrrole nitrogens is 1. The number of aromatic amines is 1. The molecule has 3 rings (SSSR count). The van der Waals surface area contributed by atoms with Crippen LogP contribution >= 0.6 is 11.8 Å². The van der Waals surface area contributed by atoms with Gasteiger partial charge in [0.2, 0.25) is 0 Å². The molecule has 0 spiro atoms. The molecular weight excluding hydrogens is 353 g/mol. The van der Waals surface area contributed by atoms with Crippen LogP contribution in [0.15, 0.2) is 35.5 Å². The average molecular weight is 366 g/mol. The number of nitrogens with zero attached hydrogens (tertiary/aromatic N) is 1. The molecule has 2 aromatic carbocycles. The van der Waals surface area contributed by atoms with E-state index in [4.69, 9.17) is 4.74 Å². The van der Waals surface area contributed by atoms with E-state index in [1.807, 2.05) is 0 Å². The van der Waals surface area contributed by atoms with Gasteiger partial charge in [-0.15, -0.1) is 0 Å². The number of rotatable bonds is 5. The summed E-state index contributed by atoms with van der Waals surface area (Å²) in [5.74, 6) is -3.64. The summed E-state index contributed by atoms with van der Waals surface area (Å²) in [5.41, 5.74) is 0.627. The van der Waals surface area contributed by atoms with E-state index in [0.717, 1.165) is 11.8 Å². The molecule has 0 unspecified atom stereocenters. The van der Waals surface area contributed by atoms with Gasteiger partial charge >= 0.3 is 0 Å². The van der Waals surface area contributed by atoms with Gasteiger partial charge in [-0.05, 0) is 19.1 Å². The van der Waals surface area contributed by atoms with Gasteiger partial charge < -0.3 is 9.72 Å². The van der Waals surface area contributed by atoms with Crippen molar-refractivity contribution >= 4 is 28.6 Å². The number of halogens is 3. The van der Waals surface area contributed by atoms with Crippen molar-refractivity contribution in [3.63, 3.8) is 0 Å². The van der Waals surface area contributed by atoms with Crippen LogP contribution in [0.25, 0.3) is 11.0 Å². The van der Waals surface area contributed by atoms with Crippen molar-refractivity contribution in [2.24, 2.45) is 0 Å². The van der Waals surface area contributed by atoms with Gasteiger partial charge in [0.05, 0.1) is 29.0 Å². The summed E-state index contributed by atoms with van der Waals surface area (Å²) in [7, 11) is 1.54. The van der Waals surface area contributed by atoms with Crippen LogP contribution in [0.4, 0.5) is 13.2 Å². The van der Waals surface area contributed by atoms with Gasteiger partial charge in [-0.25, -0.2) is 18.2 Å². The van der Waals surface area contributed by atoms with Crippen molar-refractivity contribution in [2.75, 3.05) is 7.11 Å². The first-order valence-electron chi connectivity index (χ1n) is 7.28. The zero-order valence-corrected chi connectivity index (χ0v) is 14.1. The number of methoxy groups -OCH3 is 1. The Hall–Kier alpha value is -2.48. The highest BCUT2D eigenvalue weighted by molar-refractivity contribution is 8.00. The number of ketones is 1. The molecule has 0 fully saturated rings. The van der Waals surface area contributed by atoms with Crippen LogP contribution in [-0.4, -0.2) is 28.1 Å². The predicted molar refractivity (Wildman–Crippen MR) is 88.6 cm³/mol. The molecule has 8 heteroatoms. The number of benzene rings is 2. The van der Waals surface area contributed by atoms with Gasteiger partial charge in [0, 0.05) is 18.2 Å². The van der Waals surface area contributed by atoms with E-state index in [-0.39, 0.29) is 0 Å². The lowest BCUT2D eigenvalue weighted by molar-refractivity contribution is 0.0985. The normalized spacial score (nSPS) is 12.4. The van der Waals surface area contributed by atoms with Crippen LogP contribution in [0, 0.1) is 17.5 Å². The third kappa shape index (κ3) is 3.48. The van der Waals surface area contributed by atoms with Crippen molar-refractivity contribution < 1.29 is 22.7 Å². The van der Waals surface area contributed by atoms with E-state index in [2.05, 4.69) is 9.97 Å². The number of carbonyl (C=O) groups excluding carboxylic acids is 1. The highest BCUT2D eigenvalue weighted by Crippen LogP contribution is 2.28. The topological polar surface area (TPSA) is 55.0 Å². The van der Waals surface area contributed by atoms with E-state index in [1.165, 1.54) is 6.92 Å². The molecule has 3 aromatic rings. The number of Topliss-reactive ketones (excluding diaryl/α,β-unsaturated/α-hetero) is 1.